The predicted octanol–water partition coefficient (Wildman–Crippen LogP) is 1.25. The third-order valence-electron chi connectivity index (χ3n) is 2.78. The van der Waals surface area contributed by atoms with Crippen molar-refractivity contribution in [3.63, 3.8) is 0 Å². The molecule has 2 rings (SSSR count). The monoisotopic (exact) mass is 176 g/mol. The van der Waals surface area contributed by atoms with Gasteiger partial charge in [-0.1, -0.05) is 18.2 Å². The Balaban J connectivity index is 2.31. The first-order valence-electron chi connectivity index (χ1n) is 4.80. The van der Waals surface area contributed by atoms with Crippen molar-refractivity contribution < 1.29 is 0 Å². The Labute approximate surface area is 79.4 Å². The van der Waals surface area contributed by atoms with Crippen LogP contribution in [0.4, 0.5) is 5.69 Å². The van der Waals surface area contributed by atoms with Crippen molar-refractivity contribution in [3.8, 4) is 0 Å². The van der Waals surface area contributed by atoms with Crippen LogP contribution in [0.25, 0.3) is 0 Å². The molecule has 0 aliphatic carbocycles. The minimum atomic E-state index is 0.625. The van der Waals surface area contributed by atoms with E-state index in [1.807, 2.05) is 0 Å². The van der Waals surface area contributed by atoms with Crippen LogP contribution in [0.5, 0.6) is 0 Å². The maximum Gasteiger partial charge on any atom is 0.0396 e. The molecule has 0 bridgehead atoms. The van der Waals surface area contributed by atoms with E-state index in [2.05, 4.69) is 36.2 Å². The number of hydrogen-bond donors (Lipinski definition) is 1. The summed E-state index contributed by atoms with van der Waals surface area (Å²) in [5.41, 5.74) is 8.50. The fourth-order valence-electron chi connectivity index (χ4n) is 2.07. The van der Waals surface area contributed by atoms with Crippen LogP contribution >= 0.6 is 0 Å². The third-order valence-corrected chi connectivity index (χ3v) is 2.78. The summed E-state index contributed by atoms with van der Waals surface area (Å²) in [6.07, 6.45) is 1.14. The van der Waals surface area contributed by atoms with Crippen LogP contribution in [0.3, 0.4) is 0 Å². The lowest BCUT2D eigenvalue weighted by molar-refractivity contribution is 0.515. The number of benzene rings is 1. The second-order valence-corrected chi connectivity index (χ2v) is 3.82. The first-order valence-corrected chi connectivity index (χ1v) is 4.80. The van der Waals surface area contributed by atoms with Crippen LogP contribution in [-0.4, -0.2) is 20.1 Å². The van der Waals surface area contributed by atoms with Crippen molar-refractivity contribution in [1.82, 2.24) is 0 Å². The van der Waals surface area contributed by atoms with Gasteiger partial charge >= 0.3 is 0 Å². The van der Waals surface area contributed by atoms with E-state index < -0.39 is 0 Å². The van der Waals surface area contributed by atoms with Crippen molar-refractivity contribution in [1.29, 1.82) is 0 Å². The van der Waals surface area contributed by atoms with E-state index in [1.54, 1.807) is 0 Å². The average molecular weight is 176 g/mol. The molecule has 2 heteroatoms. The van der Waals surface area contributed by atoms with Gasteiger partial charge in [0.25, 0.3) is 0 Å². The topological polar surface area (TPSA) is 29.3 Å². The van der Waals surface area contributed by atoms with E-state index in [0.717, 1.165) is 19.5 Å². The normalized spacial score (nSPS) is 21.4. The van der Waals surface area contributed by atoms with Gasteiger partial charge in [-0.15, -0.1) is 0 Å². The maximum absolute atomic E-state index is 5.70. The maximum atomic E-state index is 5.70. The largest absolute Gasteiger partial charge is 0.374 e. The van der Waals surface area contributed by atoms with Gasteiger partial charge in [-0.3, -0.25) is 0 Å². The molecule has 1 aliphatic heterocycles. The van der Waals surface area contributed by atoms with Gasteiger partial charge in [0.05, 0.1) is 0 Å². The molecular formula is C11H16N2. The van der Waals surface area contributed by atoms with E-state index in [4.69, 9.17) is 5.73 Å². The van der Waals surface area contributed by atoms with Crippen molar-refractivity contribution >= 4 is 5.69 Å². The summed E-state index contributed by atoms with van der Waals surface area (Å²) < 4.78 is 0. The van der Waals surface area contributed by atoms with Crippen LogP contribution < -0.4 is 10.6 Å². The van der Waals surface area contributed by atoms with Gasteiger partial charge in [-0.25, -0.2) is 0 Å². The summed E-state index contributed by atoms with van der Waals surface area (Å²) >= 11 is 0. The van der Waals surface area contributed by atoms with Crippen LogP contribution in [-0.2, 0) is 6.42 Å². The average Bonchev–Trinajstić information content (AvgIpc) is 2.18. The smallest absolute Gasteiger partial charge is 0.0396 e. The van der Waals surface area contributed by atoms with Crippen LogP contribution in [0, 0.1) is 5.92 Å². The van der Waals surface area contributed by atoms with Crippen molar-refractivity contribution in [3.05, 3.63) is 29.8 Å². The van der Waals surface area contributed by atoms with Gasteiger partial charge in [0, 0.05) is 19.3 Å². The molecule has 0 amide bonds. The fraction of sp³-hybridized carbons (Fsp3) is 0.455. The molecule has 0 spiro atoms. The van der Waals surface area contributed by atoms with E-state index in [9.17, 15) is 0 Å². The minimum absolute atomic E-state index is 0.625. The van der Waals surface area contributed by atoms with Gasteiger partial charge in [0.15, 0.2) is 0 Å². The molecule has 2 nitrogen and oxygen atoms in total. The van der Waals surface area contributed by atoms with Gasteiger partial charge < -0.3 is 10.6 Å². The van der Waals surface area contributed by atoms with Gasteiger partial charge in [-0.05, 0) is 30.5 Å². The molecule has 1 atom stereocenters. The zero-order valence-electron chi connectivity index (χ0n) is 8.03. The zero-order chi connectivity index (χ0) is 9.26. The number of anilines is 1. The quantitative estimate of drug-likeness (QED) is 0.698. The summed E-state index contributed by atoms with van der Waals surface area (Å²) in [4.78, 5) is 2.30. The zero-order valence-corrected chi connectivity index (χ0v) is 8.03. The van der Waals surface area contributed by atoms with E-state index in [1.165, 1.54) is 11.3 Å². The second-order valence-electron chi connectivity index (χ2n) is 3.82. The lowest BCUT2D eigenvalue weighted by Gasteiger charge is -2.32. The van der Waals surface area contributed by atoms with Crippen LogP contribution in [0.1, 0.15) is 5.56 Å². The highest BCUT2D eigenvalue weighted by Gasteiger charge is 2.19. The number of nitrogens with zero attached hydrogens (tertiary/aromatic N) is 1. The third kappa shape index (κ3) is 1.54. The molecule has 13 heavy (non-hydrogen) atoms. The SMILES string of the molecule is CN1C[C@@H](CN)Cc2ccccc21. The molecule has 70 valence electrons. The predicted molar refractivity (Wildman–Crippen MR) is 56.0 cm³/mol. The summed E-state index contributed by atoms with van der Waals surface area (Å²) in [6.45, 7) is 1.88. The second kappa shape index (κ2) is 3.38. The highest BCUT2D eigenvalue weighted by molar-refractivity contribution is 5.55. The molecular weight excluding hydrogens is 160 g/mol. The van der Waals surface area contributed by atoms with Crippen molar-refractivity contribution in [2.75, 3.05) is 25.0 Å². The molecule has 1 aromatic carbocycles. The first kappa shape index (κ1) is 8.57. The van der Waals surface area contributed by atoms with Gasteiger partial charge in [0.1, 0.15) is 0 Å². The lowest BCUT2D eigenvalue weighted by atomic mass is 9.93. The Morgan fingerprint density at radius 2 is 2.23 bits per heavy atom. The van der Waals surface area contributed by atoms with E-state index >= 15 is 0 Å². The molecule has 1 heterocycles. The van der Waals surface area contributed by atoms with Crippen molar-refractivity contribution in [2.45, 2.75) is 6.42 Å². The molecule has 0 unspecified atom stereocenters. The number of fused-ring (bicyclic) bond motifs is 1. The molecule has 0 radical (unpaired) electrons. The van der Waals surface area contributed by atoms with Crippen LogP contribution in [0.2, 0.25) is 0 Å². The molecule has 0 saturated carbocycles. The lowest BCUT2D eigenvalue weighted by Crippen LogP contribution is -2.35. The number of para-hydroxylation sites is 1. The van der Waals surface area contributed by atoms with E-state index in [-0.39, 0.29) is 0 Å². The summed E-state index contributed by atoms with van der Waals surface area (Å²) in [6, 6.07) is 8.58. The molecule has 0 saturated heterocycles. The minimum Gasteiger partial charge on any atom is -0.374 e. The summed E-state index contributed by atoms with van der Waals surface area (Å²) in [5, 5.41) is 0. The highest BCUT2D eigenvalue weighted by Crippen LogP contribution is 2.27. The van der Waals surface area contributed by atoms with E-state index in [0.29, 0.717) is 5.92 Å². The highest BCUT2D eigenvalue weighted by atomic mass is 15.1. The van der Waals surface area contributed by atoms with Gasteiger partial charge in [0.2, 0.25) is 0 Å². The Morgan fingerprint density at radius 3 is 3.00 bits per heavy atom. The number of hydrogen-bond acceptors (Lipinski definition) is 2. The standard InChI is InChI=1S/C11H16N2/c1-13-8-9(7-12)6-10-4-2-3-5-11(10)13/h2-5,9H,6-8,12H2,1H3/t9-/m1/s1. The van der Waals surface area contributed by atoms with Gasteiger partial charge in [-0.2, -0.15) is 0 Å². The summed E-state index contributed by atoms with van der Waals surface area (Å²) in [5.74, 6) is 0.625. The Bertz CT molecular complexity index is 296. The molecule has 1 aliphatic rings. The molecule has 0 aromatic heterocycles. The Kier molecular flexibility index (Phi) is 2.23. The molecule has 2 N–H and O–H groups in total. The molecule has 1 aromatic rings. The summed E-state index contributed by atoms with van der Waals surface area (Å²) in [7, 11) is 2.14. The number of nitrogens with two attached hydrogens (primary N) is 1. The molecule has 0 fully saturated rings. The number of rotatable bonds is 1. The fourth-order valence-corrected chi connectivity index (χ4v) is 2.07. The Morgan fingerprint density at radius 1 is 1.46 bits per heavy atom. The Hall–Kier alpha value is -1.02. The van der Waals surface area contributed by atoms with Crippen molar-refractivity contribution in [2.24, 2.45) is 11.7 Å². The van der Waals surface area contributed by atoms with Crippen LogP contribution in [0.15, 0.2) is 24.3 Å². The first-order chi connectivity index (χ1) is 6.31.